The van der Waals surface area contributed by atoms with Crippen LogP contribution in [0.1, 0.15) is 25.7 Å². The normalized spacial score (nSPS) is 24.5. The van der Waals surface area contributed by atoms with Gasteiger partial charge in [0, 0.05) is 0 Å². The third kappa shape index (κ3) is 1.99. The van der Waals surface area contributed by atoms with Gasteiger partial charge in [0.25, 0.3) is 0 Å². The van der Waals surface area contributed by atoms with E-state index in [1.165, 1.54) is 5.57 Å². The van der Waals surface area contributed by atoms with Gasteiger partial charge in [0.2, 0.25) is 0 Å². The lowest BCUT2D eigenvalue weighted by molar-refractivity contribution is 0.223. The predicted molar refractivity (Wildman–Crippen MR) is 42.8 cm³/mol. The number of aliphatic hydroxyl groups is 1. The quantitative estimate of drug-likeness (QED) is 0.592. The van der Waals surface area contributed by atoms with Crippen molar-refractivity contribution in [3.05, 3.63) is 24.3 Å². The maximum atomic E-state index is 9.10. The van der Waals surface area contributed by atoms with E-state index in [2.05, 4.69) is 6.58 Å². The second kappa shape index (κ2) is 3.57. The Kier molecular flexibility index (Phi) is 2.69. The molecule has 1 aliphatic rings. The van der Waals surface area contributed by atoms with E-state index in [1.807, 2.05) is 12.2 Å². The van der Waals surface area contributed by atoms with Crippen molar-refractivity contribution in [1.82, 2.24) is 0 Å². The van der Waals surface area contributed by atoms with Crippen molar-refractivity contribution < 1.29 is 5.11 Å². The highest BCUT2D eigenvalue weighted by Gasteiger charge is 2.10. The zero-order valence-corrected chi connectivity index (χ0v) is 6.21. The minimum absolute atomic E-state index is 0.167. The average molecular weight is 138 g/mol. The molecule has 0 aromatic heterocycles. The van der Waals surface area contributed by atoms with Crippen LogP contribution in [0.25, 0.3) is 0 Å². The zero-order valence-electron chi connectivity index (χ0n) is 6.21. The highest BCUT2D eigenvalue weighted by atomic mass is 16.3. The fraction of sp³-hybridized carbons (Fsp3) is 0.556. The molecule has 0 saturated heterocycles. The van der Waals surface area contributed by atoms with E-state index < -0.39 is 0 Å². The number of aliphatic hydroxyl groups excluding tert-OH is 1. The molecule has 0 radical (unpaired) electrons. The minimum Gasteiger partial charge on any atom is -0.389 e. The molecule has 0 bridgehead atoms. The highest BCUT2D eigenvalue weighted by molar-refractivity contribution is 5.12. The van der Waals surface area contributed by atoms with Crippen LogP contribution >= 0.6 is 0 Å². The Balaban J connectivity index is 2.28. The van der Waals surface area contributed by atoms with Crippen LogP contribution in [0.3, 0.4) is 0 Å². The van der Waals surface area contributed by atoms with E-state index >= 15 is 0 Å². The van der Waals surface area contributed by atoms with E-state index in [9.17, 15) is 0 Å². The van der Waals surface area contributed by atoms with Gasteiger partial charge in [0.15, 0.2) is 0 Å². The second-order valence-corrected chi connectivity index (χ2v) is 2.76. The summed E-state index contributed by atoms with van der Waals surface area (Å²) in [5.74, 6) is 0. The van der Waals surface area contributed by atoms with Crippen LogP contribution in [0.2, 0.25) is 0 Å². The van der Waals surface area contributed by atoms with Crippen LogP contribution < -0.4 is 0 Å². The summed E-state index contributed by atoms with van der Waals surface area (Å²) in [6.07, 6.45) is 7.86. The van der Waals surface area contributed by atoms with Gasteiger partial charge in [-0.15, -0.1) is 6.58 Å². The molecule has 1 atom stereocenters. The van der Waals surface area contributed by atoms with Gasteiger partial charge in [0.05, 0.1) is 6.10 Å². The molecule has 1 heteroatoms. The number of hydrogen-bond donors (Lipinski definition) is 1. The van der Waals surface area contributed by atoms with E-state index in [-0.39, 0.29) is 6.10 Å². The zero-order chi connectivity index (χ0) is 7.40. The van der Waals surface area contributed by atoms with Crippen LogP contribution in [-0.2, 0) is 0 Å². The highest BCUT2D eigenvalue weighted by Crippen LogP contribution is 2.22. The van der Waals surface area contributed by atoms with Crippen molar-refractivity contribution in [1.29, 1.82) is 0 Å². The largest absolute Gasteiger partial charge is 0.389 e. The van der Waals surface area contributed by atoms with Crippen molar-refractivity contribution in [2.24, 2.45) is 0 Å². The summed E-state index contributed by atoms with van der Waals surface area (Å²) in [5, 5.41) is 9.10. The van der Waals surface area contributed by atoms with Gasteiger partial charge in [-0.2, -0.15) is 0 Å². The first-order valence-electron chi connectivity index (χ1n) is 3.81. The van der Waals surface area contributed by atoms with Crippen LogP contribution in [0.15, 0.2) is 24.3 Å². The Morgan fingerprint density at radius 2 is 2.60 bits per heavy atom. The van der Waals surface area contributed by atoms with E-state index in [0.717, 1.165) is 25.7 Å². The van der Waals surface area contributed by atoms with Crippen LogP contribution in [-0.4, -0.2) is 11.2 Å². The second-order valence-electron chi connectivity index (χ2n) is 2.76. The van der Waals surface area contributed by atoms with Crippen LogP contribution in [0.4, 0.5) is 0 Å². The van der Waals surface area contributed by atoms with E-state index in [0.29, 0.717) is 0 Å². The molecule has 1 aliphatic carbocycles. The van der Waals surface area contributed by atoms with Gasteiger partial charge >= 0.3 is 0 Å². The molecule has 10 heavy (non-hydrogen) atoms. The Labute approximate surface area is 62.1 Å². The van der Waals surface area contributed by atoms with Gasteiger partial charge in [-0.25, -0.2) is 0 Å². The Morgan fingerprint density at radius 1 is 1.80 bits per heavy atom. The smallest absolute Gasteiger partial charge is 0.0726 e. The van der Waals surface area contributed by atoms with Crippen molar-refractivity contribution in [3.8, 4) is 0 Å². The molecule has 56 valence electrons. The molecule has 0 heterocycles. The molecule has 0 aliphatic heterocycles. The van der Waals surface area contributed by atoms with Crippen LogP contribution in [0, 0.1) is 0 Å². The summed E-state index contributed by atoms with van der Waals surface area (Å²) in [6.45, 7) is 3.65. The summed E-state index contributed by atoms with van der Waals surface area (Å²) >= 11 is 0. The summed E-state index contributed by atoms with van der Waals surface area (Å²) < 4.78 is 0. The molecular weight excluding hydrogens is 124 g/mol. The molecular formula is C9H14O. The lowest BCUT2D eigenvalue weighted by Gasteiger charge is -1.94. The third-order valence-electron chi connectivity index (χ3n) is 1.86. The van der Waals surface area contributed by atoms with Crippen molar-refractivity contribution in [2.45, 2.75) is 31.8 Å². The maximum absolute atomic E-state index is 9.10. The first-order chi connectivity index (χ1) is 4.83. The number of hydrogen-bond acceptors (Lipinski definition) is 1. The molecule has 0 fully saturated rings. The number of allylic oxidation sites excluding steroid dienone is 2. The standard InChI is InChI=1S/C9H14O/c1-2-3-4-8-5-6-9(10)7-8/h2,7,9-10H,1,3-6H2. The molecule has 1 rings (SSSR count). The molecule has 0 saturated carbocycles. The van der Waals surface area contributed by atoms with Crippen LogP contribution in [0.5, 0.6) is 0 Å². The lowest BCUT2D eigenvalue weighted by Crippen LogP contribution is -1.93. The van der Waals surface area contributed by atoms with E-state index in [1.54, 1.807) is 0 Å². The SMILES string of the molecule is C=CCCC1=CC(O)CC1. The fourth-order valence-corrected chi connectivity index (χ4v) is 1.27. The van der Waals surface area contributed by atoms with Gasteiger partial charge in [0.1, 0.15) is 0 Å². The molecule has 0 aromatic rings. The third-order valence-corrected chi connectivity index (χ3v) is 1.86. The summed E-state index contributed by atoms with van der Waals surface area (Å²) in [7, 11) is 0. The average Bonchev–Trinajstić information content (AvgIpc) is 2.31. The van der Waals surface area contributed by atoms with E-state index in [4.69, 9.17) is 5.11 Å². The fourth-order valence-electron chi connectivity index (χ4n) is 1.27. The summed E-state index contributed by atoms with van der Waals surface area (Å²) in [4.78, 5) is 0. The van der Waals surface area contributed by atoms with Crippen molar-refractivity contribution in [3.63, 3.8) is 0 Å². The first-order valence-corrected chi connectivity index (χ1v) is 3.81. The first kappa shape index (κ1) is 7.55. The Hall–Kier alpha value is -0.560. The Morgan fingerprint density at radius 3 is 3.10 bits per heavy atom. The number of rotatable bonds is 3. The van der Waals surface area contributed by atoms with Gasteiger partial charge in [-0.05, 0) is 25.7 Å². The molecule has 1 unspecified atom stereocenters. The lowest BCUT2D eigenvalue weighted by atomic mass is 10.1. The topological polar surface area (TPSA) is 20.2 Å². The van der Waals surface area contributed by atoms with Crippen molar-refractivity contribution >= 4 is 0 Å². The minimum atomic E-state index is -0.167. The molecule has 0 spiro atoms. The monoisotopic (exact) mass is 138 g/mol. The van der Waals surface area contributed by atoms with Gasteiger partial charge < -0.3 is 5.11 Å². The van der Waals surface area contributed by atoms with Crippen molar-refractivity contribution in [2.75, 3.05) is 0 Å². The summed E-state index contributed by atoms with van der Waals surface area (Å²) in [5.41, 5.74) is 1.40. The molecule has 1 nitrogen and oxygen atoms in total. The molecule has 0 amide bonds. The molecule has 1 N–H and O–H groups in total. The van der Waals surface area contributed by atoms with Gasteiger partial charge in [-0.1, -0.05) is 17.7 Å². The molecule has 0 aromatic carbocycles. The predicted octanol–water partition coefficient (Wildman–Crippen LogP) is 2.03. The Bertz CT molecular complexity index is 147. The summed E-state index contributed by atoms with van der Waals surface area (Å²) in [6, 6.07) is 0. The van der Waals surface area contributed by atoms with Gasteiger partial charge in [-0.3, -0.25) is 0 Å². The maximum Gasteiger partial charge on any atom is 0.0726 e.